The second-order valence-corrected chi connectivity index (χ2v) is 12.0. The van der Waals surface area contributed by atoms with E-state index >= 15 is 26.3 Å². The summed E-state index contributed by atoms with van der Waals surface area (Å²) >= 11 is 0. The summed E-state index contributed by atoms with van der Waals surface area (Å²) in [5, 5.41) is -1.27. The molecule has 6 aromatic rings. The molecule has 0 aliphatic carbocycles. The molecule has 0 unspecified atom stereocenters. The van der Waals surface area contributed by atoms with Gasteiger partial charge < -0.3 is 15.0 Å². The van der Waals surface area contributed by atoms with Gasteiger partial charge in [-0.2, -0.15) is 0 Å². The van der Waals surface area contributed by atoms with Crippen LogP contribution < -0.4 is 10.7 Å². The van der Waals surface area contributed by atoms with Gasteiger partial charge in [0.2, 0.25) is 17.5 Å². The smallest absolute Gasteiger partial charge is 0.200 e. The number of allylic oxidation sites excluding steroid dienone is 2. The highest BCUT2D eigenvalue weighted by atomic mass is 19.2. The van der Waals surface area contributed by atoms with Gasteiger partial charge >= 0.3 is 0 Å². The SMILES string of the molecule is Fc1c(F)c(F)c(C2=C3C=CC(=N3)C(c3c(F)c(F)c(F)c(F)c3F)=c3ccc([nH]3)=C(c3c(F)c(F)c(F)c(F)c3F)c3c[nH]c(c3)-c3ccc2[nH]3)c(F)c1F. The quantitative estimate of drug-likeness (QED) is 0.0914. The average Bonchev–Trinajstić information content (AvgIpc) is 4.03. The minimum Gasteiger partial charge on any atom is -0.359 e. The normalized spacial score (nSPS) is 13.9. The van der Waals surface area contributed by atoms with E-state index in [0.717, 1.165) is 42.6 Å². The third-order valence-corrected chi connectivity index (χ3v) is 8.97. The standard InChI is InChI=1S/C37H11F15N4/c38-23-20(24(39)30(45)35(50)29(23)44)17-9-7-16(53-8-9)10-1-2-12(54-10)18(21-25(40)31(46)36(51)32(47)26(21)41)14-5-6-15(56-14)19(13-4-3-11(17)55-13)22-27(42)33(48)37(52)34(49)28(22)43/h1-8,53-55H. The maximum absolute atomic E-state index is 15.6. The van der Waals surface area contributed by atoms with Gasteiger partial charge in [0, 0.05) is 44.9 Å². The van der Waals surface area contributed by atoms with Crippen molar-refractivity contribution in [2.24, 2.45) is 4.99 Å². The summed E-state index contributed by atoms with van der Waals surface area (Å²) in [5.41, 5.74) is -10.0. The van der Waals surface area contributed by atoms with E-state index < -0.39 is 148 Å². The molecule has 3 aromatic carbocycles. The highest BCUT2D eigenvalue weighted by Crippen LogP contribution is 2.39. The topological polar surface area (TPSA) is 59.7 Å². The van der Waals surface area contributed by atoms with Gasteiger partial charge in [0.15, 0.2) is 69.8 Å². The van der Waals surface area contributed by atoms with Gasteiger partial charge in [-0.1, -0.05) is 0 Å². The third-order valence-electron chi connectivity index (χ3n) is 8.97. The maximum atomic E-state index is 15.6. The molecular formula is C37H11F15N4. The molecule has 0 spiro atoms. The van der Waals surface area contributed by atoms with E-state index in [9.17, 15) is 39.5 Å². The van der Waals surface area contributed by atoms with Gasteiger partial charge in [-0.3, -0.25) is 0 Å². The lowest BCUT2D eigenvalue weighted by Gasteiger charge is -2.13. The van der Waals surface area contributed by atoms with E-state index in [0.29, 0.717) is 0 Å². The number of H-pyrrole nitrogens is 3. The number of aromatic nitrogens is 3. The first kappa shape index (κ1) is 36.3. The molecule has 0 radical (unpaired) electrons. The van der Waals surface area contributed by atoms with E-state index in [2.05, 4.69) is 19.9 Å². The lowest BCUT2D eigenvalue weighted by atomic mass is 9.97. The summed E-state index contributed by atoms with van der Waals surface area (Å²) in [5.74, 6) is -36.5. The molecule has 8 bridgehead atoms. The molecule has 56 heavy (non-hydrogen) atoms. The summed E-state index contributed by atoms with van der Waals surface area (Å²) in [6.07, 6.45) is 2.63. The highest BCUT2D eigenvalue weighted by Gasteiger charge is 2.35. The van der Waals surface area contributed by atoms with E-state index in [1.165, 1.54) is 6.07 Å². The number of halogens is 15. The van der Waals surface area contributed by atoms with Crippen LogP contribution in [0.1, 0.15) is 27.9 Å². The Balaban J connectivity index is 1.58. The van der Waals surface area contributed by atoms with Crippen LogP contribution >= 0.6 is 0 Å². The predicted molar refractivity (Wildman–Crippen MR) is 166 cm³/mol. The number of nitrogens with one attached hydrogen (secondary N) is 3. The first-order valence-corrected chi connectivity index (χ1v) is 15.4. The van der Waals surface area contributed by atoms with E-state index in [1.807, 2.05) is 0 Å². The molecule has 5 heterocycles. The van der Waals surface area contributed by atoms with Crippen molar-refractivity contribution in [3.63, 3.8) is 0 Å². The number of fused-ring (bicyclic) bond motifs is 8. The third kappa shape index (κ3) is 5.09. The lowest BCUT2D eigenvalue weighted by molar-refractivity contribution is 0.376. The minimum absolute atomic E-state index is 0.0733. The Kier molecular flexibility index (Phi) is 8.24. The summed E-state index contributed by atoms with van der Waals surface area (Å²) in [7, 11) is 0. The summed E-state index contributed by atoms with van der Waals surface area (Å²) in [6.45, 7) is 0. The van der Waals surface area contributed by atoms with Gasteiger partial charge in [-0.05, 0) is 42.5 Å². The Bertz CT molecular complexity index is 2890. The van der Waals surface area contributed by atoms with Crippen LogP contribution in [0.5, 0.6) is 0 Å². The molecule has 284 valence electrons. The van der Waals surface area contributed by atoms with Crippen molar-refractivity contribution in [2.75, 3.05) is 0 Å². The first-order valence-electron chi connectivity index (χ1n) is 15.4. The Morgan fingerprint density at radius 3 is 1.29 bits per heavy atom. The molecule has 0 fully saturated rings. The largest absolute Gasteiger partial charge is 0.359 e. The van der Waals surface area contributed by atoms with Gasteiger partial charge in [-0.25, -0.2) is 70.8 Å². The monoisotopic (exact) mass is 796 g/mol. The Morgan fingerprint density at radius 1 is 0.375 bits per heavy atom. The molecule has 3 N–H and O–H groups in total. The molecule has 8 rings (SSSR count). The van der Waals surface area contributed by atoms with Crippen molar-refractivity contribution in [1.82, 2.24) is 15.0 Å². The first-order chi connectivity index (χ1) is 26.5. The van der Waals surface area contributed by atoms with Crippen molar-refractivity contribution < 1.29 is 65.9 Å². The Labute approximate surface area is 300 Å². The summed E-state index contributed by atoms with van der Waals surface area (Å²) < 4.78 is 223. The minimum atomic E-state index is -2.60. The zero-order valence-electron chi connectivity index (χ0n) is 26.7. The Morgan fingerprint density at radius 2 is 0.786 bits per heavy atom. The number of aliphatic imine (C=N–C) groups is 1. The number of hydrogen-bond donors (Lipinski definition) is 3. The summed E-state index contributed by atoms with van der Waals surface area (Å²) in [4.78, 5) is 11.8. The maximum Gasteiger partial charge on any atom is 0.200 e. The van der Waals surface area contributed by atoms with Crippen LogP contribution in [-0.4, -0.2) is 20.7 Å². The molecule has 0 amide bonds. The van der Waals surface area contributed by atoms with Crippen molar-refractivity contribution in [3.05, 3.63) is 180 Å². The number of benzene rings is 3. The second kappa shape index (κ2) is 12.7. The van der Waals surface area contributed by atoms with E-state index in [-0.39, 0.29) is 17.0 Å². The van der Waals surface area contributed by atoms with Gasteiger partial charge in [0.05, 0.1) is 39.5 Å². The van der Waals surface area contributed by atoms with Gasteiger partial charge in [-0.15, -0.1) is 0 Å². The molecule has 19 heteroatoms. The highest BCUT2D eigenvalue weighted by molar-refractivity contribution is 6.30. The fourth-order valence-corrected chi connectivity index (χ4v) is 6.43. The van der Waals surface area contributed by atoms with Crippen molar-refractivity contribution >= 4 is 22.4 Å². The molecule has 2 aliphatic heterocycles. The molecule has 2 aliphatic rings. The fourth-order valence-electron chi connectivity index (χ4n) is 6.43. The van der Waals surface area contributed by atoms with Crippen molar-refractivity contribution in [1.29, 1.82) is 0 Å². The van der Waals surface area contributed by atoms with E-state index in [4.69, 9.17) is 0 Å². The second-order valence-electron chi connectivity index (χ2n) is 12.0. The van der Waals surface area contributed by atoms with E-state index in [1.54, 1.807) is 0 Å². The van der Waals surface area contributed by atoms with Crippen molar-refractivity contribution in [3.8, 4) is 11.4 Å². The number of aromatic amines is 3. The zero-order chi connectivity index (χ0) is 40.2. The molecule has 0 atom stereocenters. The predicted octanol–water partition coefficient (Wildman–Crippen LogP) is 8.65. The molecule has 3 aromatic heterocycles. The molecular weight excluding hydrogens is 785 g/mol. The van der Waals surface area contributed by atoms with Gasteiger partial charge in [0.1, 0.15) is 0 Å². The van der Waals surface area contributed by atoms with Crippen LogP contribution in [0, 0.1) is 87.3 Å². The molecule has 0 saturated heterocycles. The van der Waals surface area contributed by atoms with Crippen molar-refractivity contribution in [2.45, 2.75) is 0 Å². The fraction of sp³-hybridized carbons (Fsp3) is 0. The number of rotatable bonds is 3. The lowest BCUT2D eigenvalue weighted by Crippen LogP contribution is -2.22. The van der Waals surface area contributed by atoms with Crippen LogP contribution in [0.3, 0.4) is 0 Å². The van der Waals surface area contributed by atoms with Crippen LogP contribution in [0.2, 0.25) is 0 Å². The van der Waals surface area contributed by atoms with Crippen LogP contribution in [0.15, 0.2) is 59.4 Å². The van der Waals surface area contributed by atoms with Crippen LogP contribution in [-0.2, 0) is 0 Å². The summed E-state index contributed by atoms with van der Waals surface area (Å²) in [6, 6.07) is 5.01. The van der Waals surface area contributed by atoms with Gasteiger partial charge in [0.25, 0.3) is 0 Å². The zero-order valence-corrected chi connectivity index (χ0v) is 26.7. The number of nitrogens with zero attached hydrogens (tertiary/aromatic N) is 1. The molecule has 4 nitrogen and oxygen atoms in total. The molecule has 0 saturated carbocycles. The van der Waals surface area contributed by atoms with Crippen LogP contribution in [0.4, 0.5) is 65.9 Å². The average molecular weight is 796 g/mol. The Hall–Kier alpha value is -6.66. The van der Waals surface area contributed by atoms with Crippen LogP contribution in [0.25, 0.3) is 28.1 Å². The number of hydrogen-bond acceptors (Lipinski definition) is 1.